The molecule has 0 spiro atoms. The van der Waals surface area contributed by atoms with Gasteiger partial charge in [0.05, 0.1) is 47.3 Å². The third-order valence-electron chi connectivity index (χ3n) is 10.7. The molecule has 9 nitrogen and oxygen atoms in total. The largest absolute Gasteiger partial charge is 0.392 e. The van der Waals surface area contributed by atoms with E-state index in [-0.39, 0.29) is 37.9 Å². The van der Waals surface area contributed by atoms with Crippen LogP contribution in [0.4, 0.5) is 0 Å². The van der Waals surface area contributed by atoms with E-state index in [0.717, 1.165) is 0 Å². The van der Waals surface area contributed by atoms with Gasteiger partial charge < -0.3 is 40.9 Å². The zero-order valence-electron chi connectivity index (χ0n) is 21.9. The second-order valence-corrected chi connectivity index (χ2v) is 13.4. The van der Waals surface area contributed by atoms with Crippen LogP contribution in [0.3, 0.4) is 0 Å². The monoisotopic (exact) mass is 512 g/mol. The van der Waals surface area contributed by atoms with E-state index in [2.05, 4.69) is 0 Å². The molecule has 4 aliphatic carbocycles. The van der Waals surface area contributed by atoms with Crippen molar-refractivity contribution in [2.24, 2.45) is 28.6 Å². The van der Waals surface area contributed by atoms with Gasteiger partial charge in [-0.2, -0.15) is 0 Å². The highest BCUT2D eigenvalue weighted by molar-refractivity contribution is 5.95. The molecular weight excluding hydrogens is 468 g/mol. The molecular formula is C27H44O9. The van der Waals surface area contributed by atoms with Gasteiger partial charge in [0.1, 0.15) is 0 Å². The predicted molar refractivity (Wildman–Crippen MR) is 129 cm³/mol. The lowest BCUT2D eigenvalue weighted by Crippen LogP contribution is -2.66. The number of aliphatic hydroxyl groups excluding tert-OH is 5. The van der Waals surface area contributed by atoms with E-state index in [1.807, 2.05) is 6.92 Å². The van der Waals surface area contributed by atoms with Gasteiger partial charge in [-0.05, 0) is 75.9 Å². The molecule has 12 unspecified atom stereocenters. The van der Waals surface area contributed by atoms with Gasteiger partial charge in [0, 0.05) is 23.7 Å². The molecule has 0 aromatic heterocycles. The number of ketones is 1. The normalized spacial score (nSPS) is 48.2. The fourth-order valence-electron chi connectivity index (χ4n) is 8.39. The Morgan fingerprint density at radius 2 is 1.61 bits per heavy atom. The molecule has 8 N–H and O–H groups in total. The summed E-state index contributed by atoms with van der Waals surface area (Å²) in [4.78, 5) is 13.3. The van der Waals surface area contributed by atoms with Crippen LogP contribution < -0.4 is 0 Å². The third kappa shape index (κ3) is 3.85. The van der Waals surface area contributed by atoms with E-state index in [1.54, 1.807) is 6.92 Å². The van der Waals surface area contributed by atoms with Crippen molar-refractivity contribution in [1.82, 2.24) is 0 Å². The molecule has 206 valence electrons. The predicted octanol–water partition coefficient (Wildman–Crippen LogP) is -0.204. The molecule has 12 atom stereocenters. The second-order valence-electron chi connectivity index (χ2n) is 13.4. The zero-order chi connectivity index (χ0) is 27.2. The van der Waals surface area contributed by atoms with Gasteiger partial charge in [0.15, 0.2) is 5.78 Å². The van der Waals surface area contributed by atoms with Gasteiger partial charge in [-0.1, -0.05) is 13.8 Å². The first kappa shape index (κ1) is 28.1. The van der Waals surface area contributed by atoms with Crippen molar-refractivity contribution >= 4 is 5.78 Å². The number of carbonyl (C=O) groups is 1. The minimum absolute atomic E-state index is 0.0895. The van der Waals surface area contributed by atoms with Crippen LogP contribution in [0.15, 0.2) is 11.6 Å². The summed E-state index contributed by atoms with van der Waals surface area (Å²) in [6, 6.07) is 0. The lowest BCUT2D eigenvalue weighted by molar-refractivity contribution is -0.200. The van der Waals surface area contributed by atoms with Gasteiger partial charge in [-0.25, -0.2) is 0 Å². The molecule has 0 radical (unpaired) electrons. The van der Waals surface area contributed by atoms with Crippen molar-refractivity contribution < 1.29 is 45.6 Å². The molecule has 4 aliphatic rings. The molecule has 0 heterocycles. The number of aliphatic hydroxyl groups is 8. The van der Waals surface area contributed by atoms with Crippen molar-refractivity contribution in [3.05, 3.63) is 11.6 Å². The smallest absolute Gasteiger partial charge is 0.159 e. The highest BCUT2D eigenvalue weighted by Gasteiger charge is 2.71. The summed E-state index contributed by atoms with van der Waals surface area (Å²) in [5.74, 6) is -2.12. The van der Waals surface area contributed by atoms with Gasteiger partial charge in [-0.15, -0.1) is 0 Å². The summed E-state index contributed by atoms with van der Waals surface area (Å²) < 4.78 is 0. The van der Waals surface area contributed by atoms with E-state index in [4.69, 9.17) is 0 Å². The minimum atomic E-state index is -1.77. The Labute approximate surface area is 212 Å². The number of carbonyl (C=O) groups excluding carboxylic acids is 1. The average Bonchev–Trinajstić information content (AvgIpc) is 3.01. The zero-order valence-corrected chi connectivity index (χ0v) is 21.9. The number of rotatable bonds is 5. The average molecular weight is 513 g/mol. The van der Waals surface area contributed by atoms with Crippen molar-refractivity contribution in [2.45, 2.75) is 120 Å². The highest BCUT2D eigenvalue weighted by atomic mass is 16.4. The molecule has 0 saturated heterocycles. The Balaban J connectivity index is 1.71. The number of fused-ring (bicyclic) bond motifs is 5. The standard InChI is InChI=1S/C27H44O9/c1-23(2,34)20(32)10-21(33)26(5,35)19-6-7-27(36)14-9-15(28)13-8-16(29)17(30)11-24(13,3)22(14)18(31)12-25(19,27)4/h9,13,16-22,29-36H,6-8,10-12H2,1-5H3. The van der Waals surface area contributed by atoms with E-state index in [1.165, 1.54) is 26.8 Å². The van der Waals surface area contributed by atoms with Crippen LogP contribution in [-0.4, -0.2) is 94.0 Å². The Bertz CT molecular complexity index is 925. The Kier molecular flexibility index (Phi) is 6.67. The second kappa shape index (κ2) is 8.55. The quantitative estimate of drug-likeness (QED) is 0.247. The molecule has 0 bridgehead atoms. The van der Waals surface area contributed by atoms with Crippen LogP contribution in [0.2, 0.25) is 0 Å². The summed E-state index contributed by atoms with van der Waals surface area (Å²) in [5, 5.41) is 87.4. The SMILES string of the molecule is CC(C)(O)C(O)CC(O)C(C)(O)C1CCC2(O)C3=CC(=O)C4CC(O)C(O)CC4(C)C3C(O)CC12C. The maximum Gasteiger partial charge on any atom is 0.159 e. The van der Waals surface area contributed by atoms with Gasteiger partial charge >= 0.3 is 0 Å². The minimum Gasteiger partial charge on any atom is -0.392 e. The first-order valence-electron chi connectivity index (χ1n) is 13.1. The molecule has 36 heavy (non-hydrogen) atoms. The van der Waals surface area contributed by atoms with E-state index in [0.29, 0.717) is 12.0 Å². The maximum atomic E-state index is 13.3. The summed E-state index contributed by atoms with van der Waals surface area (Å²) >= 11 is 0. The molecule has 0 amide bonds. The lowest BCUT2D eigenvalue weighted by Gasteiger charge is -2.62. The fourth-order valence-corrected chi connectivity index (χ4v) is 8.39. The van der Waals surface area contributed by atoms with Crippen LogP contribution >= 0.6 is 0 Å². The van der Waals surface area contributed by atoms with Crippen LogP contribution in [0.25, 0.3) is 0 Å². The molecule has 3 saturated carbocycles. The molecule has 0 aromatic rings. The van der Waals surface area contributed by atoms with Crippen molar-refractivity contribution in [3.8, 4) is 0 Å². The summed E-state index contributed by atoms with van der Waals surface area (Å²) in [5.41, 5.74) is -6.34. The Morgan fingerprint density at radius 1 is 1.00 bits per heavy atom. The molecule has 3 fully saturated rings. The number of hydrogen-bond acceptors (Lipinski definition) is 9. The number of allylic oxidation sites excluding steroid dienone is 1. The molecule has 0 aliphatic heterocycles. The Morgan fingerprint density at radius 3 is 2.19 bits per heavy atom. The topological polar surface area (TPSA) is 179 Å². The van der Waals surface area contributed by atoms with E-state index < -0.39 is 75.9 Å². The van der Waals surface area contributed by atoms with Crippen LogP contribution in [0.5, 0.6) is 0 Å². The Hall–Kier alpha value is -0.910. The molecule has 9 heteroatoms. The van der Waals surface area contributed by atoms with Gasteiger partial charge in [0.2, 0.25) is 0 Å². The third-order valence-corrected chi connectivity index (χ3v) is 10.7. The van der Waals surface area contributed by atoms with Crippen molar-refractivity contribution in [1.29, 1.82) is 0 Å². The summed E-state index contributed by atoms with van der Waals surface area (Å²) in [7, 11) is 0. The summed E-state index contributed by atoms with van der Waals surface area (Å²) in [6.45, 7) is 7.87. The lowest BCUT2D eigenvalue weighted by atomic mass is 9.44. The fraction of sp³-hybridized carbons (Fsp3) is 0.889. The number of hydrogen-bond donors (Lipinski definition) is 8. The van der Waals surface area contributed by atoms with Crippen LogP contribution in [-0.2, 0) is 4.79 Å². The summed E-state index contributed by atoms with van der Waals surface area (Å²) in [6.07, 6.45) is -3.82. The molecule has 0 aromatic carbocycles. The van der Waals surface area contributed by atoms with Crippen LogP contribution in [0, 0.1) is 28.6 Å². The van der Waals surface area contributed by atoms with Gasteiger partial charge in [0.25, 0.3) is 0 Å². The maximum absolute atomic E-state index is 13.3. The van der Waals surface area contributed by atoms with E-state index in [9.17, 15) is 45.6 Å². The highest BCUT2D eigenvalue weighted by Crippen LogP contribution is 2.68. The van der Waals surface area contributed by atoms with Crippen molar-refractivity contribution in [3.63, 3.8) is 0 Å². The van der Waals surface area contributed by atoms with Crippen LogP contribution in [0.1, 0.15) is 73.1 Å². The van der Waals surface area contributed by atoms with Gasteiger partial charge in [-0.3, -0.25) is 4.79 Å². The first-order valence-corrected chi connectivity index (χ1v) is 13.1. The van der Waals surface area contributed by atoms with E-state index >= 15 is 0 Å². The molecule has 4 rings (SSSR count). The van der Waals surface area contributed by atoms with Crippen molar-refractivity contribution in [2.75, 3.05) is 0 Å². The first-order chi connectivity index (χ1) is 16.3.